The van der Waals surface area contributed by atoms with E-state index in [2.05, 4.69) is 10.5 Å². The molecule has 0 fully saturated rings. The molecule has 0 radical (unpaired) electrons. The van der Waals surface area contributed by atoms with Gasteiger partial charge in [0, 0.05) is 9.90 Å². The zero-order valence-corrected chi connectivity index (χ0v) is 15.5. The van der Waals surface area contributed by atoms with Gasteiger partial charge in [0.1, 0.15) is 6.54 Å². The highest BCUT2D eigenvalue weighted by Crippen LogP contribution is 2.21. The minimum Gasteiger partial charge on any atom is -0.271 e. The van der Waals surface area contributed by atoms with Crippen LogP contribution in [0.1, 0.15) is 10.4 Å². The van der Waals surface area contributed by atoms with Crippen LogP contribution in [-0.4, -0.2) is 33.3 Å². The van der Waals surface area contributed by atoms with Gasteiger partial charge >= 0.3 is 0 Å². The molecule has 1 aromatic heterocycles. The SMILES string of the molecule is Cc1ccsc1/C=N\NC(=O)CN(c1cccc(Cl)c1)S(C)(=O)=O. The number of hydrazone groups is 1. The number of halogens is 1. The zero-order chi connectivity index (χ0) is 17.7. The maximum Gasteiger partial charge on any atom is 0.260 e. The molecule has 1 aromatic carbocycles. The lowest BCUT2D eigenvalue weighted by molar-refractivity contribution is -0.119. The molecule has 128 valence electrons. The number of aryl methyl sites for hydroxylation is 1. The highest BCUT2D eigenvalue weighted by molar-refractivity contribution is 7.92. The second-order valence-electron chi connectivity index (χ2n) is 5.01. The number of rotatable bonds is 6. The summed E-state index contributed by atoms with van der Waals surface area (Å²) in [4.78, 5) is 12.9. The molecule has 1 amide bonds. The molecule has 0 saturated heterocycles. The van der Waals surface area contributed by atoms with Crippen LogP contribution in [0.5, 0.6) is 0 Å². The number of hydrogen-bond acceptors (Lipinski definition) is 5. The van der Waals surface area contributed by atoms with Crippen molar-refractivity contribution in [3.05, 3.63) is 51.2 Å². The van der Waals surface area contributed by atoms with Crippen LogP contribution in [-0.2, 0) is 14.8 Å². The largest absolute Gasteiger partial charge is 0.271 e. The fourth-order valence-corrected chi connectivity index (χ4v) is 3.70. The first kappa shape index (κ1) is 18.4. The first-order valence-corrected chi connectivity index (χ1v) is 9.97. The minimum atomic E-state index is -3.64. The molecule has 0 aliphatic heterocycles. The third kappa shape index (κ3) is 5.05. The molecular formula is C15H16ClN3O3S2. The lowest BCUT2D eigenvalue weighted by atomic mass is 10.3. The summed E-state index contributed by atoms with van der Waals surface area (Å²) in [7, 11) is -3.64. The molecule has 0 saturated carbocycles. The topological polar surface area (TPSA) is 78.8 Å². The Kier molecular flexibility index (Phi) is 5.98. The maximum atomic E-state index is 12.0. The second-order valence-corrected chi connectivity index (χ2v) is 8.30. The van der Waals surface area contributed by atoms with E-state index < -0.39 is 15.9 Å². The van der Waals surface area contributed by atoms with Gasteiger partial charge in [-0.3, -0.25) is 9.10 Å². The molecule has 0 unspecified atom stereocenters. The van der Waals surface area contributed by atoms with Gasteiger partial charge in [0.2, 0.25) is 10.0 Å². The van der Waals surface area contributed by atoms with E-state index in [0.717, 1.165) is 21.0 Å². The highest BCUT2D eigenvalue weighted by Gasteiger charge is 2.20. The van der Waals surface area contributed by atoms with E-state index in [1.807, 2.05) is 18.4 Å². The van der Waals surface area contributed by atoms with Crippen LogP contribution in [0.15, 0.2) is 40.8 Å². The van der Waals surface area contributed by atoms with Crippen molar-refractivity contribution in [3.8, 4) is 0 Å². The predicted molar refractivity (Wildman–Crippen MR) is 98.4 cm³/mol. The molecule has 1 heterocycles. The number of carbonyl (C=O) groups is 1. The van der Waals surface area contributed by atoms with Gasteiger partial charge < -0.3 is 0 Å². The standard InChI is InChI=1S/C15H16ClN3O3S2/c1-11-6-7-23-14(11)9-17-18-15(20)10-19(24(2,21)22)13-5-3-4-12(16)8-13/h3-9H,10H2,1-2H3,(H,18,20)/b17-9-. The average Bonchev–Trinajstić information content (AvgIpc) is 2.89. The molecule has 0 aliphatic rings. The summed E-state index contributed by atoms with van der Waals surface area (Å²) in [6, 6.07) is 8.23. The van der Waals surface area contributed by atoms with Gasteiger partial charge in [-0.05, 0) is 42.1 Å². The minimum absolute atomic E-state index is 0.318. The number of hydrogen-bond donors (Lipinski definition) is 1. The third-order valence-corrected chi connectivity index (χ3v) is 5.39. The second kappa shape index (κ2) is 7.78. The fourth-order valence-electron chi connectivity index (χ4n) is 1.88. The van der Waals surface area contributed by atoms with E-state index in [-0.39, 0.29) is 6.54 Å². The van der Waals surface area contributed by atoms with Crippen molar-refractivity contribution in [1.82, 2.24) is 5.43 Å². The number of benzene rings is 1. The summed E-state index contributed by atoms with van der Waals surface area (Å²) in [6.45, 7) is 1.55. The van der Waals surface area contributed by atoms with Crippen LogP contribution in [0.3, 0.4) is 0 Å². The molecule has 0 spiro atoms. The average molecular weight is 386 g/mol. The number of amides is 1. The lowest BCUT2D eigenvalue weighted by Crippen LogP contribution is -2.39. The van der Waals surface area contributed by atoms with Crippen molar-refractivity contribution in [2.24, 2.45) is 5.10 Å². The van der Waals surface area contributed by atoms with Gasteiger partial charge in [-0.2, -0.15) is 5.10 Å². The number of thiophene rings is 1. The summed E-state index contributed by atoms with van der Waals surface area (Å²) in [6.07, 6.45) is 2.56. The lowest BCUT2D eigenvalue weighted by Gasteiger charge is -2.21. The summed E-state index contributed by atoms with van der Waals surface area (Å²) in [5.41, 5.74) is 3.70. The van der Waals surface area contributed by atoms with Crippen molar-refractivity contribution in [2.45, 2.75) is 6.92 Å². The molecule has 0 atom stereocenters. The Morgan fingerprint density at radius 1 is 1.42 bits per heavy atom. The van der Waals surface area contributed by atoms with E-state index in [1.54, 1.807) is 18.2 Å². The van der Waals surface area contributed by atoms with E-state index in [4.69, 9.17) is 11.6 Å². The van der Waals surface area contributed by atoms with Crippen molar-refractivity contribution in [2.75, 3.05) is 17.1 Å². The Labute approximate surface area is 149 Å². The molecule has 0 bridgehead atoms. The van der Waals surface area contributed by atoms with Gasteiger partial charge in [-0.15, -0.1) is 11.3 Å². The number of carbonyl (C=O) groups excluding carboxylic acids is 1. The monoisotopic (exact) mass is 385 g/mol. The summed E-state index contributed by atoms with van der Waals surface area (Å²) < 4.78 is 24.9. The van der Waals surface area contributed by atoms with Crippen molar-refractivity contribution in [1.29, 1.82) is 0 Å². The number of nitrogens with one attached hydrogen (secondary N) is 1. The Hall–Kier alpha value is -1.90. The first-order valence-electron chi connectivity index (χ1n) is 6.86. The fraction of sp³-hybridized carbons (Fsp3) is 0.200. The Bertz CT molecular complexity index is 862. The number of nitrogens with zero attached hydrogens (tertiary/aromatic N) is 2. The van der Waals surface area contributed by atoms with Crippen LogP contribution in [0, 0.1) is 6.92 Å². The molecule has 9 heteroatoms. The van der Waals surface area contributed by atoms with Crippen molar-refractivity contribution < 1.29 is 13.2 Å². The van der Waals surface area contributed by atoms with E-state index in [0.29, 0.717) is 10.7 Å². The van der Waals surface area contributed by atoms with E-state index >= 15 is 0 Å². The van der Waals surface area contributed by atoms with Gasteiger partial charge in [-0.1, -0.05) is 17.7 Å². The first-order chi connectivity index (χ1) is 11.3. The third-order valence-electron chi connectivity index (χ3n) is 3.06. The van der Waals surface area contributed by atoms with Crippen LogP contribution < -0.4 is 9.73 Å². The molecule has 2 rings (SSSR count). The van der Waals surface area contributed by atoms with Gasteiger partial charge in [0.05, 0.1) is 18.2 Å². The normalized spacial score (nSPS) is 11.6. The Morgan fingerprint density at radius 3 is 2.75 bits per heavy atom. The summed E-state index contributed by atoms with van der Waals surface area (Å²) in [5, 5.41) is 6.16. The summed E-state index contributed by atoms with van der Waals surface area (Å²) in [5.74, 6) is -0.550. The van der Waals surface area contributed by atoms with Crippen LogP contribution in [0.4, 0.5) is 5.69 Å². The molecule has 2 aromatic rings. The predicted octanol–water partition coefficient (Wildman–Crippen LogP) is 2.63. The summed E-state index contributed by atoms with van der Waals surface area (Å²) >= 11 is 7.38. The zero-order valence-electron chi connectivity index (χ0n) is 13.1. The van der Waals surface area contributed by atoms with E-state index in [9.17, 15) is 13.2 Å². The van der Waals surface area contributed by atoms with Crippen LogP contribution in [0.25, 0.3) is 0 Å². The molecule has 0 aliphatic carbocycles. The van der Waals surface area contributed by atoms with Crippen molar-refractivity contribution >= 4 is 50.8 Å². The quantitative estimate of drug-likeness (QED) is 0.613. The van der Waals surface area contributed by atoms with Crippen molar-refractivity contribution in [3.63, 3.8) is 0 Å². The highest BCUT2D eigenvalue weighted by atomic mass is 35.5. The molecule has 1 N–H and O–H groups in total. The van der Waals surface area contributed by atoms with Gasteiger partial charge in [-0.25, -0.2) is 13.8 Å². The number of sulfonamides is 1. The smallest absolute Gasteiger partial charge is 0.260 e. The maximum absolute atomic E-state index is 12.0. The van der Waals surface area contributed by atoms with Gasteiger partial charge in [0.25, 0.3) is 5.91 Å². The number of anilines is 1. The molecule has 6 nitrogen and oxygen atoms in total. The molecular weight excluding hydrogens is 370 g/mol. The Balaban J connectivity index is 2.08. The van der Waals surface area contributed by atoms with Gasteiger partial charge in [0.15, 0.2) is 0 Å². The Morgan fingerprint density at radius 2 is 2.17 bits per heavy atom. The van der Waals surface area contributed by atoms with Crippen LogP contribution in [0.2, 0.25) is 5.02 Å². The molecule has 24 heavy (non-hydrogen) atoms. The van der Waals surface area contributed by atoms with Crippen LogP contribution >= 0.6 is 22.9 Å². The van der Waals surface area contributed by atoms with E-state index in [1.165, 1.54) is 23.6 Å².